The van der Waals surface area contributed by atoms with Gasteiger partial charge in [0, 0.05) is 49.5 Å². The summed E-state index contributed by atoms with van der Waals surface area (Å²) in [5.41, 5.74) is 7.27. The Morgan fingerprint density at radius 2 is 1.80 bits per heavy atom. The van der Waals surface area contributed by atoms with E-state index in [1.807, 2.05) is 12.3 Å². The normalized spacial score (nSPS) is 20.9. The molecule has 0 unspecified atom stereocenters. The van der Waals surface area contributed by atoms with E-state index in [2.05, 4.69) is 82.9 Å². The van der Waals surface area contributed by atoms with Gasteiger partial charge in [0.15, 0.2) is 5.11 Å². The van der Waals surface area contributed by atoms with E-state index < -0.39 is 0 Å². The van der Waals surface area contributed by atoms with Crippen LogP contribution < -0.4 is 5.32 Å². The van der Waals surface area contributed by atoms with Crippen molar-refractivity contribution in [2.45, 2.75) is 39.3 Å². The Balaban J connectivity index is 1.47. The molecular formula is C28H35N5OS. The third-order valence-corrected chi connectivity index (χ3v) is 7.61. The van der Waals surface area contributed by atoms with Crippen LogP contribution in [0.5, 0.6) is 0 Å². The molecule has 2 fully saturated rings. The maximum absolute atomic E-state index is 5.90. The van der Waals surface area contributed by atoms with Crippen LogP contribution >= 0.6 is 12.2 Å². The summed E-state index contributed by atoms with van der Waals surface area (Å²) in [5.74, 6) is 0. The van der Waals surface area contributed by atoms with Crippen molar-refractivity contribution in [3.63, 3.8) is 0 Å². The van der Waals surface area contributed by atoms with Gasteiger partial charge in [0.2, 0.25) is 0 Å². The van der Waals surface area contributed by atoms with Crippen LogP contribution in [0.15, 0.2) is 54.7 Å². The molecule has 2 saturated heterocycles. The number of hydrogen-bond donors (Lipinski definition) is 1. The predicted molar refractivity (Wildman–Crippen MR) is 144 cm³/mol. The molecule has 2 aliphatic heterocycles. The monoisotopic (exact) mass is 489 g/mol. The summed E-state index contributed by atoms with van der Waals surface area (Å²) in [5, 5.41) is 4.43. The van der Waals surface area contributed by atoms with Crippen LogP contribution in [0.1, 0.15) is 46.7 Å². The molecule has 3 aromatic rings. The van der Waals surface area contributed by atoms with E-state index >= 15 is 0 Å². The van der Waals surface area contributed by atoms with E-state index in [1.165, 1.54) is 28.2 Å². The lowest BCUT2D eigenvalue weighted by atomic mass is 9.96. The SMILES string of the molecule is Cc1ccc(-n2c(C)cc([C@H]3[C@H](c4ccccn4)NC(=S)N3CCCN3CCOCC3)c2C)cc1. The molecule has 5 rings (SSSR count). The molecule has 0 spiro atoms. The Labute approximate surface area is 213 Å². The lowest BCUT2D eigenvalue weighted by Gasteiger charge is -2.30. The summed E-state index contributed by atoms with van der Waals surface area (Å²) in [6, 6.07) is 17.3. The molecule has 2 aliphatic rings. The third kappa shape index (κ3) is 4.99. The average molecular weight is 490 g/mol. The van der Waals surface area contributed by atoms with Gasteiger partial charge in [0.1, 0.15) is 0 Å². The van der Waals surface area contributed by atoms with Crippen molar-refractivity contribution in [1.82, 2.24) is 24.7 Å². The number of rotatable bonds is 7. The fraction of sp³-hybridized carbons (Fsp3) is 0.429. The number of aromatic nitrogens is 2. The molecule has 0 radical (unpaired) electrons. The molecule has 2 aromatic heterocycles. The fourth-order valence-corrected chi connectivity index (χ4v) is 5.78. The number of nitrogens with zero attached hydrogens (tertiary/aromatic N) is 4. The maximum atomic E-state index is 5.90. The van der Waals surface area contributed by atoms with Crippen molar-refractivity contribution in [2.75, 3.05) is 39.4 Å². The Hall–Kier alpha value is -2.74. The second kappa shape index (κ2) is 10.5. The van der Waals surface area contributed by atoms with Crippen LogP contribution in [0.3, 0.4) is 0 Å². The first kappa shape index (κ1) is 24.0. The van der Waals surface area contributed by atoms with Gasteiger partial charge >= 0.3 is 0 Å². The van der Waals surface area contributed by atoms with Gasteiger partial charge in [0.05, 0.1) is 31.0 Å². The number of ether oxygens (including phenoxy) is 1. The molecule has 184 valence electrons. The zero-order valence-electron chi connectivity index (χ0n) is 20.9. The van der Waals surface area contributed by atoms with E-state index in [9.17, 15) is 0 Å². The summed E-state index contributed by atoms with van der Waals surface area (Å²) in [6.07, 6.45) is 2.93. The van der Waals surface area contributed by atoms with Crippen molar-refractivity contribution in [2.24, 2.45) is 0 Å². The average Bonchev–Trinajstić information content (AvgIpc) is 3.36. The van der Waals surface area contributed by atoms with E-state index in [1.54, 1.807) is 0 Å². The Kier molecular flexibility index (Phi) is 7.18. The minimum atomic E-state index is 0.0130. The van der Waals surface area contributed by atoms with Crippen molar-refractivity contribution in [1.29, 1.82) is 0 Å². The molecule has 7 heteroatoms. The number of hydrogen-bond acceptors (Lipinski definition) is 4. The summed E-state index contributed by atoms with van der Waals surface area (Å²) in [6.45, 7) is 12.2. The maximum Gasteiger partial charge on any atom is 0.170 e. The lowest BCUT2D eigenvalue weighted by Crippen LogP contribution is -2.39. The standard InChI is InChI=1S/C28H35N5OS/c1-20-8-10-23(11-9-20)33-21(2)19-24(22(33)3)27-26(25-7-4-5-12-29-25)30-28(35)32(27)14-6-13-31-15-17-34-18-16-31/h4-5,7-12,19,26-27H,6,13-18H2,1-3H3,(H,30,35)/t26-,27-/m0/s1. The number of pyridine rings is 1. The molecule has 0 bridgehead atoms. The van der Waals surface area contributed by atoms with Crippen LogP contribution in [0.4, 0.5) is 0 Å². The lowest BCUT2D eigenvalue weighted by molar-refractivity contribution is 0.0365. The Bertz CT molecular complexity index is 1150. The van der Waals surface area contributed by atoms with Crippen LogP contribution in [-0.4, -0.2) is 63.9 Å². The third-order valence-electron chi connectivity index (χ3n) is 7.26. The van der Waals surface area contributed by atoms with Gasteiger partial charge in [-0.1, -0.05) is 23.8 Å². The molecular weight excluding hydrogens is 454 g/mol. The van der Waals surface area contributed by atoms with Gasteiger partial charge in [-0.2, -0.15) is 0 Å². The van der Waals surface area contributed by atoms with Gasteiger partial charge < -0.3 is 19.5 Å². The Morgan fingerprint density at radius 1 is 1.03 bits per heavy atom. The van der Waals surface area contributed by atoms with E-state index in [-0.39, 0.29) is 12.1 Å². The second-order valence-corrected chi connectivity index (χ2v) is 10.0. The van der Waals surface area contributed by atoms with Gasteiger partial charge in [-0.15, -0.1) is 0 Å². The first-order valence-electron chi connectivity index (χ1n) is 12.6. The number of morpholine rings is 1. The number of benzene rings is 1. The van der Waals surface area contributed by atoms with Gasteiger partial charge in [-0.25, -0.2) is 0 Å². The van der Waals surface area contributed by atoms with Gasteiger partial charge in [0.25, 0.3) is 0 Å². The molecule has 0 aliphatic carbocycles. The highest BCUT2D eigenvalue weighted by Crippen LogP contribution is 2.41. The predicted octanol–water partition coefficient (Wildman–Crippen LogP) is 4.49. The molecule has 2 atom stereocenters. The zero-order valence-corrected chi connectivity index (χ0v) is 21.7. The molecule has 6 nitrogen and oxygen atoms in total. The first-order valence-corrected chi connectivity index (χ1v) is 13.0. The smallest absolute Gasteiger partial charge is 0.170 e. The van der Waals surface area contributed by atoms with Gasteiger partial charge in [-0.3, -0.25) is 9.88 Å². The van der Waals surface area contributed by atoms with Crippen LogP contribution in [-0.2, 0) is 4.74 Å². The van der Waals surface area contributed by atoms with Crippen molar-refractivity contribution < 1.29 is 4.74 Å². The van der Waals surface area contributed by atoms with Crippen LogP contribution in [0, 0.1) is 20.8 Å². The summed E-state index contributed by atoms with van der Waals surface area (Å²) in [4.78, 5) is 9.58. The minimum Gasteiger partial charge on any atom is -0.379 e. The summed E-state index contributed by atoms with van der Waals surface area (Å²) < 4.78 is 7.87. The highest BCUT2D eigenvalue weighted by Gasteiger charge is 2.41. The van der Waals surface area contributed by atoms with Crippen molar-refractivity contribution in [3.8, 4) is 5.69 Å². The highest BCUT2D eigenvalue weighted by molar-refractivity contribution is 7.80. The largest absolute Gasteiger partial charge is 0.379 e. The quantitative estimate of drug-likeness (QED) is 0.494. The number of thiocarbonyl (C=S) groups is 1. The van der Waals surface area contributed by atoms with Crippen LogP contribution in [0.2, 0.25) is 0 Å². The molecule has 1 aromatic carbocycles. The molecule has 4 heterocycles. The van der Waals surface area contributed by atoms with E-state index in [0.29, 0.717) is 0 Å². The molecule has 1 N–H and O–H groups in total. The fourth-order valence-electron chi connectivity index (χ4n) is 5.45. The topological polar surface area (TPSA) is 45.6 Å². The van der Waals surface area contributed by atoms with E-state index in [4.69, 9.17) is 21.9 Å². The summed E-state index contributed by atoms with van der Waals surface area (Å²) >= 11 is 5.90. The number of aryl methyl sites for hydroxylation is 2. The van der Waals surface area contributed by atoms with E-state index in [0.717, 1.165) is 56.6 Å². The number of nitrogens with one attached hydrogen (secondary N) is 1. The molecule has 35 heavy (non-hydrogen) atoms. The second-order valence-electron chi connectivity index (χ2n) is 9.62. The minimum absolute atomic E-state index is 0.0130. The van der Waals surface area contributed by atoms with Crippen molar-refractivity contribution >= 4 is 17.3 Å². The highest BCUT2D eigenvalue weighted by atomic mass is 32.1. The molecule has 0 saturated carbocycles. The van der Waals surface area contributed by atoms with Crippen LogP contribution in [0.25, 0.3) is 5.69 Å². The Morgan fingerprint density at radius 3 is 2.51 bits per heavy atom. The first-order chi connectivity index (χ1) is 17.0. The molecule has 0 amide bonds. The zero-order chi connectivity index (χ0) is 24.4. The summed E-state index contributed by atoms with van der Waals surface area (Å²) in [7, 11) is 0. The van der Waals surface area contributed by atoms with Crippen molar-refractivity contribution in [3.05, 3.63) is 82.9 Å². The van der Waals surface area contributed by atoms with Gasteiger partial charge in [-0.05, 0) is 75.3 Å².